The van der Waals surface area contributed by atoms with Crippen molar-refractivity contribution in [1.29, 1.82) is 0 Å². The standard InChI is InChI=1S/C36H50N4O8Si/c1-21(47-49(11,12)48-31-25(35(5,6)7)17-23(34(2,3)4)18-26(31)36(8,9)10)29-27(38-32(29)42)19-28(41)30(39-37)33(43)46-20-22-13-15-24(16-14-22)40(44)45/h13-18,21,27,29H,19-20H2,1-12H3,(H,38,42)/t21-,27-,29+/m1/s1. The number of nitrogens with zero attached hydrogens (tertiary/aromatic N) is 3. The predicted molar refractivity (Wildman–Crippen MR) is 188 cm³/mol. The van der Waals surface area contributed by atoms with Crippen molar-refractivity contribution in [2.24, 2.45) is 5.92 Å². The van der Waals surface area contributed by atoms with E-state index in [4.69, 9.17) is 13.6 Å². The minimum Gasteiger partial charge on any atom is -0.520 e. The molecule has 49 heavy (non-hydrogen) atoms. The highest BCUT2D eigenvalue weighted by Crippen LogP contribution is 2.44. The predicted octanol–water partition coefficient (Wildman–Crippen LogP) is 6.46. The molecule has 2 aromatic rings. The van der Waals surface area contributed by atoms with Gasteiger partial charge in [-0.25, -0.2) is 4.79 Å². The molecule has 0 radical (unpaired) electrons. The molecule has 2 aromatic carbocycles. The fraction of sp³-hybridized carbons (Fsp3) is 0.556. The first kappa shape index (κ1) is 39.2. The molecule has 0 aliphatic carbocycles. The van der Waals surface area contributed by atoms with Gasteiger partial charge in [0.1, 0.15) is 12.4 Å². The summed E-state index contributed by atoms with van der Waals surface area (Å²) in [6.45, 7) is 24.8. The highest BCUT2D eigenvalue weighted by molar-refractivity contribution is 6.65. The van der Waals surface area contributed by atoms with Crippen LogP contribution in [-0.4, -0.2) is 53.8 Å². The number of amides is 1. The van der Waals surface area contributed by atoms with Gasteiger partial charge in [0, 0.05) is 18.6 Å². The Morgan fingerprint density at radius 2 is 1.51 bits per heavy atom. The third-order valence-electron chi connectivity index (χ3n) is 8.44. The quantitative estimate of drug-likeness (QED) is 0.0304. The molecule has 266 valence electrons. The number of nitro benzene ring substituents is 1. The van der Waals surface area contributed by atoms with Gasteiger partial charge in [0.25, 0.3) is 11.5 Å². The molecule has 1 heterocycles. The number of esters is 1. The molecule has 0 bridgehead atoms. The summed E-state index contributed by atoms with van der Waals surface area (Å²) in [7, 11) is -2.97. The van der Waals surface area contributed by atoms with E-state index < -0.39 is 49.0 Å². The number of nitrogens with one attached hydrogen (secondary N) is 1. The number of β-lactam (4-membered cyclic amide) rings is 1. The van der Waals surface area contributed by atoms with Gasteiger partial charge in [-0.2, -0.15) is 4.79 Å². The minimum absolute atomic E-state index is 0.0783. The molecule has 1 saturated heterocycles. The number of ether oxygens (including phenoxy) is 1. The number of ketones is 1. The molecule has 1 fully saturated rings. The first-order valence-corrected chi connectivity index (χ1v) is 19.2. The van der Waals surface area contributed by atoms with Crippen LogP contribution in [-0.2, 0) is 46.4 Å². The van der Waals surface area contributed by atoms with Crippen molar-refractivity contribution in [1.82, 2.24) is 5.32 Å². The summed E-state index contributed by atoms with van der Waals surface area (Å²) in [5.41, 5.74) is 11.8. The van der Waals surface area contributed by atoms with Gasteiger partial charge in [0.05, 0.1) is 23.0 Å². The highest BCUT2D eigenvalue weighted by atomic mass is 28.4. The second-order valence-corrected chi connectivity index (χ2v) is 19.4. The van der Waals surface area contributed by atoms with Crippen LogP contribution in [0.5, 0.6) is 5.75 Å². The zero-order valence-corrected chi connectivity index (χ0v) is 31.7. The zero-order chi connectivity index (χ0) is 37.3. The van der Waals surface area contributed by atoms with Crippen molar-refractivity contribution in [3.05, 3.63) is 74.3 Å². The largest absolute Gasteiger partial charge is 0.520 e. The van der Waals surface area contributed by atoms with Crippen LogP contribution in [0.2, 0.25) is 13.1 Å². The van der Waals surface area contributed by atoms with Gasteiger partial charge in [0.2, 0.25) is 5.91 Å². The fourth-order valence-corrected chi connectivity index (χ4v) is 7.49. The molecular formula is C36H50N4O8Si. The van der Waals surface area contributed by atoms with E-state index in [-0.39, 0.29) is 40.9 Å². The monoisotopic (exact) mass is 694 g/mol. The molecule has 0 saturated carbocycles. The number of Topliss-reactive ketones (excluding diaryl/α,β-unsaturated/α-hetero) is 1. The molecule has 13 heteroatoms. The van der Waals surface area contributed by atoms with E-state index in [0.29, 0.717) is 5.56 Å². The molecule has 0 unspecified atom stereocenters. The smallest absolute Gasteiger partial charge is 0.441 e. The van der Waals surface area contributed by atoms with Gasteiger partial charge in [0.15, 0.2) is 0 Å². The SMILES string of the molecule is C[C@@H](O[Si](C)(C)Oc1c(C(C)(C)C)cc(C(C)(C)C)cc1C(C)(C)C)[C@@H]1C(=O)N[C@@H]1CC(=O)C(=[N+]=[N-])C(=O)OCc1ccc([N+](=O)[O-])cc1. The number of benzene rings is 2. The van der Waals surface area contributed by atoms with Gasteiger partial charge >= 0.3 is 20.2 Å². The van der Waals surface area contributed by atoms with Gasteiger partial charge in [-0.05, 0) is 70.6 Å². The number of nitro groups is 1. The van der Waals surface area contributed by atoms with Crippen LogP contribution in [0.25, 0.3) is 5.53 Å². The van der Waals surface area contributed by atoms with Crippen molar-refractivity contribution in [2.45, 2.75) is 124 Å². The van der Waals surface area contributed by atoms with Crippen LogP contribution >= 0.6 is 0 Å². The summed E-state index contributed by atoms with van der Waals surface area (Å²) in [6.07, 6.45) is -0.961. The Morgan fingerprint density at radius 1 is 0.980 bits per heavy atom. The summed E-state index contributed by atoms with van der Waals surface area (Å²) in [6, 6.07) is 9.07. The lowest BCUT2D eigenvalue weighted by molar-refractivity contribution is -0.384. The average molecular weight is 695 g/mol. The number of hydrogen-bond donors (Lipinski definition) is 1. The second kappa shape index (κ2) is 14.3. The molecule has 1 amide bonds. The van der Waals surface area contributed by atoms with Crippen molar-refractivity contribution in [2.75, 3.05) is 0 Å². The first-order chi connectivity index (χ1) is 22.4. The molecule has 1 aliphatic heterocycles. The van der Waals surface area contributed by atoms with Crippen molar-refractivity contribution in [3.63, 3.8) is 0 Å². The Kier molecular flexibility index (Phi) is 11.5. The topological polar surface area (TPSA) is 170 Å². The van der Waals surface area contributed by atoms with E-state index in [1.165, 1.54) is 29.8 Å². The van der Waals surface area contributed by atoms with Crippen molar-refractivity contribution < 1.29 is 37.7 Å². The maximum atomic E-state index is 13.0. The second-order valence-electron chi connectivity index (χ2n) is 16.2. The zero-order valence-electron chi connectivity index (χ0n) is 30.7. The Balaban J connectivity index is 1.75. The number of rotatable bonds is 12. The molecule has 0 aromatic heterocycles. The van der Waals surface area contributed by atoms with Crippen LogP contribution in [0.1, 0.15) is 97.9 Å². The van der Waals surface area contributed by atoms with Gasteiger partial charge in [-0.15, -0.1) is 0 Å². The first-order valence-electron chi connectivity index (χ1n) is 16.4. The highest BCUT2D eigenvalue weighted by Gasteiger charge is 2.49. The number of carbonyl (C=O) groups is 3. The van der Waals surface area contributed by atoms with Gasteiger partial charge in [-0.1, -0.05) is 74.4 Å². The van der Waals surface area contributed by atoms with Gasteiger partial charge in [-0.3, -0.25) is 19.7 Å². The minimum atomic E-state index is -2.97. The normalized spacial score (nSPS) is 17.3. The van der Waals surface area contributed by atoms with Crippen molar-refractivity contribution >= 4 is 37.6 Å². The van der Waals surface area contributed by atoms with E-state index in [9.17, 15) is 30.0 Å². The number of non-ortho nitro benzene ring substituents is 1. The van der Waals surface area contributed by atoms with Crippen LogP contribution in [0, 0.1) is 16.0 Å². The van der Waals surface area contributed by atoms with Crippen LogP contribution in [0.4, 0.5) is 5.69 Å². The lowest BCUT2D eigenvalue weighted by Crippen LogP contribution is -2.64. The third kappa shape index (κ3) is 9.71. The Labute approximate surface area is 289 Å². The van der Waals surface area contributed by atoms with Crippen LogP contribution < -0.4 is 9.74 Å². The maximum Gasteiger partial charge on any atom is 0.441 e. The van der Waals surface area contributed by atoms with E-state index in [1.807, 2.05) is 13.1 Å². The molecular weight excluding hydrogens is 645 g/mol. The maximum absolute atomic E-state index is 13.0. The molecule has 1 N–H and O–H groups in total. The van der Waals surface area contributed by atoms with Gasteiger partial charge < -0.3 is 24.4 Å². The summed E-state index contributed by atoms with van der Waals surface area (Å²) in [5, 5.41) is 13.6. The van der Waals surface area contributed by atoms with E-state index in [2.05, 4.69) is 84.6 Å². The summed E-state index contributed by atoms with van der Waals surface area (Å²) < 4.78 is 18.5. The molecule has 1 aliphatic rings. The summed E-state index contributed by atoms with van der Waals surface area (Å²) in [5.74, 6) is -2.23. The summed E-state index contributed by atoms with van der Waals surface area (Å²) in [4.78, 5) is 51.6. The molecule has 3 atom stereocenters. The van der Waals surface area contributed by atoms with Crippen LogP contribution in [0.3, 0.4) is 0 Å². The third-order valence-corrected chi connectivity index (χ3v) is 10.1. The number of hydrogen-bond acceptors (Lipinski definition) is 8. The molecule has 3 rings (SSSR count). The molecule has 12 nitrogen and oxygen atoms in total. The number of carbonyl (C=O) groups excluding carboxylic acids is 3. The van der Waals surface area contributed by atoms with Crippen molar-refractivity contribution in [3.8, 4) is 5.75 Å². The lowest BCUT2D eigenvalue weighted by atomic mass is 9.75. The Bertz CT molecular complexity index is 1620. The van der Waals surface area contributed by atoms with Crippen LogP contribution in [0.15, 0.2) is 36.4 Å². The Hall–Kier alpha value is -4.19. The van der Waals surface area contributed by atoms with E-state index in [1.54, 1.807) is 6.92 Å². The summed E-state index contributed by atoms with van der Waals surface area (Å²) >= 11 is 0. The van der Waals surface area contributed by atoms with E-state index in [0.717, 1.165) is 16.9 Å². The van der Waals surface area contributed by atoms with E-state index >= 15 is 0 Å². The average Bonchev–Trinajstić information content (AvgIpc) is 2.93. The lowest BCUT2D eigenvalue weighted by Gasteiger charge is -2.42. The Morgan fingerprint density at radius 3 is 1.94 bits per heavy atom. The fourth-order valence-electron chi connectivity index (χ4n) is 5.69. The molecule has 0 spiro atoms.